The third-order valence-corrected chi connectivity index (χ3v) is 5.78. The smallest absolute Gasteiger partial charge is 0.410 e. The number of nitrogens with zero attached hydrogens (tertiary/aromatic N) is 2. The minimum Gasteiger partial charge on any atom is -0.489 e. The van der Waals surface area contributed by atoms with Crippen molar-refractivity contribution in [2.45, 2.75) is 38.7 Å². The summed E-state index contributed by atoms with van der Waals surface area (Å²) in [5, 5.41) is 0.00507. The summed E-state index contributed by atoms with van der Waals surface area (Å²) in [5.74, 6) is 1.01. The average Bonchev–Trinajstić information content (AvgIpc) is 2.77. The van der Waals surface area contributed by atoms with Gasteiger partial charge in [-0.25, -0.2) is 9.18 Å². The van der Waals surface area contributed by atoms with Crippen molar-refractivity contribution >= 4 is 23.1 Å². The molecule has 0 aliphatic carbocycles. The van der Waals surface area contributed by atoms with Crippen LogP contribution in [0.3, 0.4) is 0 Å². The Balaban J connectivity index is 1.39. The lowest BCUT2D eigenvalue weighted by Crippen LogP contribution is -2.50. The Morgan fingerprint density at radius 3 is 2.06 bits per heavy atom. The van der Waals surface area contributed by atoms with Crippen molar-refractivity contribution in [1.29, 1.82) is 0 Å². The van der Waals surface area contributed by atoms with E-state index in [-0.39, 0.29) is 17.1 Å². The summed E-state index contributed by atoms with van der Waals surface area (Å²) in [7, 11) is 0. The summed E-state index contributed by atoms with van der Waals surface area (Å²) in [4.78, 5) is 28.1. The summed E-state index contributed by atoms with van der Waals surface area (Å²) >= 11 is 1.25. The Morgan fingerprint density at radius 1 is 0.906 bits per heavy atom. The molecule has 1 aliphatic rings. The van der Waals surface area contributed by atoms with Crippen LogP contribution in [0.15, 0.2) is 48.5 Å². The summed E-state index contributed by atoms with van der Waals surface area (Å²) in [5.41, 5.74) is 1.38. The quantitative estimate of drug-likeness (QED) is 0.605. The van der Waals surface area contributed by atoms with E-state index in [1.165, 1.54) is 23.9 Å². The number of carbonyl (C=O) groups is 2. The maximum absolute atomic E-state index is 13.0. The van der Waals surface area contributed by atoms with E-state index in [0.29, 0.717) is 44.3 Å². The lowest BCUT2D eigenvalue weighted by molar-refractivity contribution is 0.0177. The van der Waals surface area contributed by atoms with Gasteiger partial charge in [0.2, 0.25) is 0 Å². The fourth-order valence-corrected chi connectivity index (χ4v) is 3.91. The van der Waals surface area contributed by atoms with E-state index in [0.717, 1.165) is 11.1 Å². The van der Waals surface area contributed by atoms with Crippen molar-refractivity contribution in [3.05, 3.63) is 65.5 Å². The van der Waals surface area contributed by atoms with E-state index in [1.54, 1.807) is 21.9 Å². The standard InChI is InChI=1S/C24H29FN2O4S/c1-24(2,3)31-22(28)26-12-14-27(15-13-26)23(29)32-17-19-6-10-21(11-7-19)30-16-18-4-8-20(25)9-5-18/h4-11H,12-17H2,1-3H3. The molecule has 1 heterocycles. The van der Waals surface area contributed by atoms with Gasteiger partial charge in [-0.15, -0.1) is 0 Å². The van der Waals surface area contributed by atoms with Gasteiger partial charge in [-0.05, 0) is 56.2 Å². The number of piperazine rings is 1. The Hall–Kier alpha value is -2.74. The van der Waals surface area contributed by atoms with Crippen LogP contribution < -0.4 is 4.74 Å². The number of thioether (sulfide) groups is 1. The topological polar surface area (TPSA) is 59.1 Å². The lowest BCUT2D eigenvalue weighted by atomic mass is 10.2. The van der Waals surface area contributed by atoms with Crippen molar-refractivity contribution in [3.8, 4) is 5.75 Å². The van der Waals surface area contributed by atoms with Crippen molar-refractivity contribution in [2.24, 2.45) is 0 Å². The second kappa shape index (κ2) is 10.7. The molecule has 6 nitrogen and oxygen atoms in total. The molecule has 2 aromatic rings. The van der Waals surface area contributed by atoms with Gasteiger partial charge in [-0.3, -0.25) is 4.79 Å². The molecule has 0 bridgehead atoms. The molecule has 1 saturated heterocycles. The zero-order valence-corrected chi connectivity index (χ0v) is 19.5. The van der Waals surface area contributed by atoms with Crippen molar-refractivity contribution < 1.29 is 23.5 Å². The van der Waals surface area contributed by atoms with Gasteiger partial charge in [-0.1, -0.05) is 36.0 Å². The highest BCUT2D eigenvalue weighted by molar-refractivity contribution is 8.12. The number of hydrogen-bond donors (Lipinski definition) is 0. The molecule has 2 aromatic carbocycles. The summed E-state index contributed by atoms with van der Waals surface area (Å²) in [6.07, 6.45) is -0.334. The fraction of sp³-hybridized carbons (Fsp3) is 0.417. The van der Waals surface area contributed by atoms with Gasteiger partial charge in [0, 0.05) is 31.9 Å². The summed E-state index contributed by atoms with van der Waals surface area (Å²) < 4.78 is 24.1. The number of amides is 2. The van der Waals surface area contributed by atoms with Gasteiger partial charge in [0.1, 0.15) is 23.8 Å². The van der Waals surface area contributed by atoms with Crippen LogP contribution in [0.5, 0.6) is 5.75 Å². The van der Waals surface area contributed by atoms with Crippen molar-refractivity contribution in [2.75, 3.05) is 26.2 Å². The average molecular weight is 461 g/mol. The predicted octanol–water partition coefficient (Wildman–Crippen LogP) is 5.31. The first-order valence-corrected chi connectivity index (χ1v) is 11.5. The number of benzene rings is 2. The minimum absolute atomic E-state index is 0.00507. The van der Waals surface area contributed by atoms with Gasteiger partial charge in [-0.2, -0.15) is 0 Å². The molecule has 0 atom stereocenters. The van der Waals surface area contributed by atoms with Gasteiger partial charge in [0.05, 0.1) is 0 Å². The molecule has 0 spiro atoms. The molecule has 0 saturated carbocycles. The first kappa shape index (κ1) is 23.9. The SMILES string of the molecule is CC(C)(C)OC(=O)N1CCN(C(=O)SCc2ccc(OCc3ccc(F)cc3)cc2)CC1. The molecule has 1 aliphatic heterocycles. The first-order valence-electron chi connectivity index (χ1n) is 10.6. The van der Waals surface area contributed by atoms with E-state index in [9.17, 15) is 14.0 Å². The normalized spacial score (nSPS) is 14.2. The molecule has 1 fully saturated rings. The van der Waals surface area contributed by atoms with Crippen LogP contribution in [-0.4, -0.2) is 52.9 Å². The zero-order valence-electron chi connectivity index (χ0n) is 18.7. The highest BCUT2D eigenvalue weighted by Crippen LogP contribution is 2.21. The molecular weight excluding hydrogens is 431 g/mol. The first-order chi connectivity index (χ1) is 15.2. The lowest BCUT2D eigenvalue weighted by Gasteiger charge is -2.35. The monoisotopic (exact) mass is 460 g/mol. The maximum Gasteiger partial charge on any atom is 0.410 e. The van der Waals surface area contributed by atoms with Gasteiger partial charge in [0.25, 0.3) is 5.24 Å². The van der Waals surface area contributed by atoms with Crippen LogP contribution in [0.1, 0.15) is 31.9 Å². The van der Waals surface area contributed by atoms with Crippen LogP contribution in [-0.2, 0) is 17.1 Å². The molecular formula is C24H29FN2O4S. The summed E-state index contributed by atoms with van der Waals surface area (Å²) in [6.45, 7) is 7.83. The summed E-state index contributed by atoms with van der Waals surface area (Å²) in [6, 6.07) is 13.8. The minimum atomic E-state index is -0.526. The second-order valence-electron chi connectivity index (χ2n) is 8.57. The van der Waals surface area contributed by atoms with E-state index in [4.69, 9.17) is 9.47 Å². The Labute approximate surface area is 192 Å². The van der Waals surface area contributed by atoms with Crippen molar-refractivity contribution in [3.63, 3.8) is 0 Å². The molecule has 32 heavy (non-hydrogen) atoms. The molecule has 3 rings (SSSR count). The van der Waals surface area contributed by atoms with Crippen LogP contribution >= 0.6 is 11.8 Å². The Bertz CT molecular complexity index is 905. The molecule has 0 N–H and O–H groups in total. The molecule has 0 aromatic heterocycles. The number of ether oxygens (including phenoxy) is 2. The zero-order chi connectivity index (χ0) is 23.1. The van der Waals surface area contributed by atoms with E-state index >= 15 is 0 Å². The van der Waals surface area contributed by atoms with E-state index in [1.807, 2.05) is 45.0 Å². The van der Waals surface area contributed by atoms with E-state index in [2.05, 4.69) is 0 Å². The molecule has 2 amide bonds. The number of hydrogen-bond acceptors (Lipinski definition) is 5. The fourth-order valence-electron chi connectivity index (χ4n) is 3.06. The highest BCUT2D eigenvalue weighted by Gasteiger charge is 2.27. The Morgan fingerprint density at radius 2 is 1.47 bits per heavy atom. The van der Waals surface area contributed by atoms with Crippen LogP contribution in [0.4, 0.5) is 14.0 Å². The number of carbonyl (C=O) groups excluding carboxylic acids is 2. The van der Waals surface area contributed by atoms with Crippen LogP contribution in [0, 0.1) is 5.82 Å². The van der Waals surface area contributed by atoms with Crippen LogP contribution in [0.25, 0.3) is 0 Å². The van der Waals surface area contributed by atoms with Crippen molar-refractivity contribution in [1.82, 2.24) is 9.80 Å². The largest absolute Gasteiger partial charge is 0.489 e. The molecule has 172 valence electrons. The number of halogens is 1. The van der Waals surface area contributed by atoms with Gasteiger partial charge >= 0.3 is 6.09 Å². The second-order valence-corrected chi connectivity index (χ2v) is 9.49. The molecule has 0 unspecified atom stereocenters. The molecule has 8 heteroatoms. The number of rotatable bonds is 5. The third kappa shape index (κ3) is 7.44. The predicted molar refractivity (Wildman–Crippen MR) is 123 cm³/mol. The van der Waals surface area contributed by atoms with Gasteiger partial charge in [0.15, 0.2) is 0 Å². The Kier molecular flexibility index (Phi) is 8.01. The van der Waals surface area contributed by atoms with Gasteiger partial charge < -0.3 is 19.3 Å². The maximum atomic E-state index is 13.0. The van der Waals surface area contributed by atoms with E-state index < -0.39 is 5.60 Å². The molecule has 0 radical (unpaired) electrons. The third-order valence-electron chi connectivity index (χ3n) is 4.79. The highest BCUT2D eigenvalue weighted by atomic mass is 32.2. The van der Waals surface area contributed by atoms with Crippen LogP contribution in [0.2, 0.25) is 0 Å².